The first kappa shape index (κ1) is 28.9. The Morgan fingerprint density at radius 2 is 1.53 bits per heavy atom. The summed E-state index contributed by atoms with van der Waals surface area (Å²) in [6.45, 7) is 11.1. The first-order valence-corrected chi connectivity index (χ1v) is 14.5. The molecule has 8 heteroatoms. The van der Waals surface area contributed by atoms with Crippen LogP contribution < -0.4 is 0 Å². The van der Waals surface area contributed by atoms with Gasteiger partial charge in [0.2, 0.25) is 0 Å². The zero-order valence-electron chi connectivity index (χ0n) is 23.9. The van der Waals surface area contributed by atoms with E-state index in [0.29, 0.717) is 12.8 Å². The van der Waals surface area contributed by atoms with Gasteiger partial charge in [0, 0.05) is 38.5 Å². The van der Waals surface area contributed by atoms with Crippen LogP contribution in [-0.2, 0) is 33.4 Å². The molecule has 4 aliphatic carbocycles. The topological polar surface area (TPSA) is 116 Å². The van der Waals surface area contributed by atoms with Gasteiger partial charge < -0.3 is 19.3 Å². The summed E-state index contributed by atoms with van der Waals surface area (Å²) in [6, 6.07) is 0. The summed E-state index contributed by atoms with van der Waals surface area (Å²) in [5.41, 5.74) is -0.355. The first-order valence-electron chi connectivity index (χ1n) is 14.5. The van der Waals surface area contributed by atoms with Crippen LogP contribution in [0, 0.1) is 46.3 Å². The number of carboxylic acids is 1. The van der Waals surface area contributed by atoms with Gasteiger partial charge in [-0.25, -0.2) is 0 Å². The Labute approximate surface area is 226 Å². The molecule has 8 nitrogen and oxygen atoms in total. The molecule has 0 aliphatic heterocycles. The molecule has 4 rings (SSSR count). The van der Waals surface area contributed by atoms with E-state index in [9.17, 15) is 24.3 Å². The Hall–Kier alpha value is -2.12. The Morgan fingerprint density at radius 1 is 0.868 bits per heavy atom. The Kier molecular flexibility index (Phi) is 8.21. The molecule has 0 radical (unpaired) electrons. The van der Waals surface area contributed by atoms with Crippen molar-refractivity contribution in [3.8, 4) is 0 Å². The van der Waals surface area contributed by atoms with Crippen molar-refractivity contribution in [1.29, 1.82) is 0 Å². The molecule has 38 heavy (non-hydrogen) atoms. The zero-order chi connectivity index (χ0) is 28.0. The summed E-state index contributed by atoms with van der Waals surface area (Å²) in [6.07, 6.45) is 5.93. The third-order valence-corrected chi connectivity index (χ3v) is 11.2. The zero-order valence-corrected chi connectivity index (χ0v) is 23.9. The first-order chi connectivity index (χ1) is 17.8. The number of rotatable bonds is 7. The summed E-state index contributed by atoms with van der Waals surface area (Å²) in [7, 11) is 0. The fourth-order valence-corrected chi connectivity index (χ4v) is 9.67. The van der Waals surface area contributed by atoms with Crippen molar-refractivity contribution in [3.63, 3.8) is 0 Å². The van der Waals surface area contributed by atoms with E-state index in [0.717, 1.165) is 38.5 Å². The number of carbonyl (C=O) groups excluding carboxylic acids is 3. The third kappa shape index (κ3) is 5.21. The molecule has 214 valence electrons. The van der Waals surface area contributed by atoms with E-state index >= 15 is 0 Å². The lowest BCUT2D eigenvalue weighted by Crippen LogP contribution is -2.63. The van der Waals surface area contributed by atoms with Crippen LogP contribution in [0.5, 0.6) is 0 Å². The molecule has 4 fully saturated rings. The Balaban J connectivity index is 1.71. The lowest BCUT2D eigenvalue weighted by molar-refractivity contribution is -0.224. The van der Waals surface area contributed by atoms with E-state index in [4.69, 9.17) is 14.2 Å². The lowest BCUT2D eigenvalue weighted by atomic mass is 9.43. The van der Waals surface area contributed by atoms with Crippen molar-refractivity contribution in [2.45, 2.75) is 118 Å². The maximum Gasteiger partial charge on any atom is 0.303 e. The van der Waals surface area contributed by atoms with Crippen molar-refractivity contribution in [2.24, 2.45) is 46.3 Å². The number of fused-ring (bicyclic) bond motifs is 5. The monoisotopic (exact) mass is 534 g/mol. The van der Waals surface area contributed by atoms with Crippen molar-refractivity contribution in [1.82, 2.24) is 0 Å². The molecule has 0 aromatic carbocycles. The third-order valence-electron chi connectivity index (χ3n) is 11.2. The summed E-state index contributed by atoms with van der Waals surface area (Å²) < 4.78 is 17.8. The van der Waals surface area contributed by atoms with Crippen LogP contribution in [-0.4, -0.2) is 47.3 Å². The fraction of sp³-hybridized carbons (Fsp3) is 0.867. The Morgan fingerprint density at radius 3 is 2.13 bits per heavy atom. The van der Waals surface area contributed by atoms with Crippen molar-refractivity contribution >= 4 is 23.9 Å². The standard InChI is InChI=1S/C30H46O8/c1-16(7-10-27(34)35)22-8-9-23-28-24(15-26(30(22,23)6)38-19(4)33)29(5)12-11-21(36-17(2)31)13-20(29)14-25(28)37-18(3)32/h16,20-26,28H,7-15H2,1-6H3,(H,34,35)/t16-,20-,21+,22-,23+,24+,25-,26+,28+,29+,30-/m1/s1. The number of carbonyl (C=O) groups is 4. The number of esters is 3. The van der Waals surface area contributed by atoms with Gasteiger partial charge in [-0.05, 0) is 86.4 Å². The predicted molar refractivity (Wildman–Crippen MR) is 139 cm³/mol. The minimum Gasteiger partial charge on any atom is -0.481 e. The number of aliphatic carboxylic acids is 1. The van der Waals surface area contributed by atoms with Crippen LogP contribution in [0.25, 0.3) is 0 Å². The van der Waals surface area contributed by atoms with Gasteiger partial charge in [-0.15, -0.1) is 0 Å². The molecule has 0 aromatic heterocycles. The maximum absolute atomic E-state index is 12.4. The molecule has 4 saturated carbocycles. The van der Waals surface area contributed by atoms with E-state index in [-0.39, 0.29) is 89.0 Å². The van der Waals surface area contributed by atoms with E-state index < -0.39 is 5.97 Å². The summed E-state index contributed by atoms with van der Waals surface area (Å²) in [5.74, 6) is -0.421. The van der Waals surface area contributed by atoms with Gasteiger partial charge in [-0.1, -0.05) is 20.8 Å². The van der Waals surface area contributed by atoms with Gasteiger partial charge in [-0.3, -0.25) is 19.2 Å². The normalized spacial score (nSPS) is 42.6. The van der Waals surface area contributed by atoms with E-state index in [2.05, 4.69) is 20.8 Å². The number of hydrogen-bond acceptors (Lipinski definition) is 7. The molecule has 1 N–H and O–H groups in total. The second-order valence-electron chi connectivity index (χ2n) is 13.2. The molecule has 4 aliphatic rings. The van der Waals surface area contributed by atoms with Gasteiger partial charge in [0.15, 0.2) is 0 Å². The molecule has 0 bridgehead atoms. The minimum absolute atomic E-state index is 0.0370. The quantitative estimate of drug-likeness (QED) is 0.352. The predicted octanol–water partition coefficient (Wildman–Crippen LogP) is 5.16. The van der Waals surface area contributed by atoms with Gasteiger partial charge in [0.1, 0.15) is 18.3 Å². The molecule has 0 unspecified atom stereocenters. The Bertz CT molecular complexity index is 947. The molecule has 0 heterocycles. The van der Waals surface area contributed by atoms with Gasteiger partial charge >= 0.3 is 23.9 Å². The van der Waals surface area contributed by atoms with Gasteiger partial charge in [0.25, 0.3) is 0 Å². The van der Waals surface area contributed by atoms with E-state index in [1.54, 1.807) is 0 Å². The SMILES string of the molecule is CC(=O)O[C@H]1CC[C@@]2(C)[C@H](C1)C[C@@H](OC(C)=O)[C@@H]1[C@@H]2C[C@H](OC(C)=O)[C@]2(C)[C@@H]([C@H](C)CCC(=O)O)CC[C@@H]12. The molecular weight excluding hydrogens is 488 g/mol. The fourth-order valence-electron chi connectivity index (χ4n) is 9.67. The second-order valence-corrected chi connectivity index (χ2v) is 13.2. The second kappa shape index (κ2) is 10.8. The van der Waals surface area contributed by atoms with E-state index in [1.807, 2.05) is 0 Å². The number of ether oxygens (including phenoxy) is 3. The minimum atomic E-state index is -0.790. The van der Waals surface area contributed by atoms with Gasteiger partial charge in [0.05, 0.1) is 0 Å². The average molecular weight is 535 g/mol. The lowest BCUT2D eigenvalue weighted by Gasteiger charge is -2.64. The molecular formula is C30H46O8. The largest absolute Gasteiger partial charge is 0.481 e. The summed E-state index contributed by atoms with van der Waals surface area (Å²) in [5, 5.41) is 9.31. The van der Waals surface area contributed by atoms with Gasteiger partial charge in [-0.2, -0.15) is 0 Å². The van der Waals surface area contributed by atoms with Crippen molar-refractivity contribution in [2.75, 3.05) is 0 Å². The number of hydrogen-bond donors (Lipinski definition) is 1. The van der Waals surface area contributed by atoms with Crippen LogP contribution in [0.3, 0.4) is 0 Å². The smallest absolute Gasteiger partial charge is 0.303 e. The van der Waals surface area contributed by atoms with Crippen LogP contribution in [0.15, 0.2) is 0 Å². The van der Waals surface area contributed by atoms with Crippen LogP contribution in [0.1, 0.15) is 99.3 Å². The van der Waals surface area contributed by atoms with E-state index in [1.165, 1.54) is 20.8 Å². The van der Waals surface area contributed by atoms with Crippen LogP contribution >= 0.6 is 0 Å². The summed E-state index contributed by atoms with van der Waals surface area (Å²) >= 11 is 0. The maximum atomic E-state index is 12.4. The highest BCUT2D eigenvalue weighted by Crippen LogP contribution is 2.69. The molecule has 0 amide bonds. The average Bonchev–Trinajstić information content (AvgIpc) is 3.16. The molecule has 11 atom stereocenters. The molecule has 0 aromatic rings. The molecule has 0 saturated heterocycles. The highest BCUT2D eigenvalue weighted by Gasteiger charge is 2.67. The number of carboxylic acid groups (broad SMARTS) is 1. The highest BCUT2D eigenvalue weighted by atomic mass is 16.6. The van der Waals surface area contributed by atoms with Crippen LogP contribution in [0.2, 0.25) is 0 Å². The highest BCUT2D eigenvalue weighted by molar-refractivity contribution is 5.67. The summed E-state index contributed by atoms with van der Waals surface area (Å²) in [4.78, 5) is 47.7. The molecule has 0 spiro atoms. The van der Waals surface area contributed by atoms with Crippen molar-refractivity contribution < 1.29 is 38.5 Å². The van der Waals surface area contributed by atoms with Crippen LogP contribution in [0.4, 0.5) is 0 Å². The van der Waals surface area contributed by atoms with Crippen molar-refractivity contribution in [3.05, 3.63) is 0 Å².